The summed E-state index contributed by atoms with van der Waals surface area (Å²) in [4.78, 5) is 27.6. The van der Waals surface area contributed by atoms with Crippen LogP contribution in [0.1, 0.15) is 17.4 Å². The summed E-state index contributed by atoms with van der Waals surface area (Å²) in [6.07, 6.45) is 1.24. The fraction of sp³-hybridized carbons (Fsp3) is 0.0556. The highest BCUT2D eigenvalue weighted by molar-refractivity contribution is 6.06. The van der Waals surface area contributed by atoms with E-state index in [1.165, 1.54) is 13.3 Å². The van der Waals surface area contributed by atoms with Gasteiger partial charge in [-0.15, -0.1) is 0 Å². The van der Waals surface area contributed by atoms with E-state index in [9.17, 15) is 9.59 Å². The Labute approximate surface area is 138 Å². The van der Waals surface area contributed by atoms with Gasteiger partial charge in [-0.05, 0) is 18.2 Å². The molecule has 0 spiro atoms. The minimum Gasteiger partial charge on any atom is -0.443 e. The van der Waals surface area contributed by atoms with Crippen molar-refractivity contribution in [2.45, 2.75) is 6.92 Å². The van der Waals surface area contributed by atoms with E-state index in [0.29, 0.717) is 17.1 Å². The van der Waals surface area contributed by atoms with Crippen LogP contribution in [-0.2, 0) is 4.79 Å². The molecule has 0 aliphatic carbocycles. The molecule has 0 saturated heterocycles. The molecule has 0 bridgehead atoms. The number of benzene rings is 2. The Morgan fingerprint density at radius 2 is 1.67 bits per heavy atom. The van der Waals surface area contributed by atoms with Crippen LogP contribution >= 0.6 is 0 Å². The maximum Gasteiger partial charge on any atom is 0.278 e. The van der Waals surface area contributed by atoms with E-state index < -0.39 is 0 Å². The van der Waals surface area contributed by atoms with Gasteiger partial charge in [-0.2, -0.15) is 0 Å². The van der Waals surface area contributed by atoms with Gasteiger partial charge in [0.05, 0.1) is 0 Å². The first-order chi connectivity index (χ1) is 11.6. The van der Waals surface area contributed by atoms with Gasteiger partial charge in [-0.1, -0.05) is 36.4 Å². The molecule has 6 nitrogen and oxygen atoms in total. The average molecular weight is 321 g/mol. The van der Waals surface area contributed by atoms with Gasteiger partial charge in [-0.25, -0.2) is 4.98 Å². The van der Waals surface area contributed by atoms with Crippen molar-refractivity contribution in [2.75, 3.05) is 10.6 Å². The fourth-order valence-electron chi connectivity index (χ4n) is 2.27. The van der Waals surface area contributed by atoms with E-state index >= 15 is 0 Å². The Balaban J connectivity index is 1.82. The Bertz CT molecular complexity index is 872. The highest BCUT2D eigenvalue weighted by atomic mass is 16.3. The van der Waals surface area contributed by atoms with E-state index in [0.717, 1.165) is 5.56 Å². The number of nitrogens with zero attached hydrogens (tertiary/aromatic N) is 1. The lowest BCUT2D eigenvalue weighted by Crippen LogP contribution is -2.14. The van der Waals surface area contributed by atoms with Gasteiger partial charge in [0.2, 0.25) is 5.91 Å². The van der Waals surface area contributed by atoms with E-state index in [1.807, 2.05) is 30.3 Å². The maximum absolute atomic E-state index is 12.5. The normalized spacial score (nSPS) is 10.2. The van der Waals surface area contributed by atoms with E-state index in [2.05, 4.69) is 15.6 Å². The minimum atomic E-state index is -0.387. The number of hydrogen-bond acceptors (Lipinski definition) is 4. The molecule has 6 heteroatoms. The summed E-state index contributed by atoms with van der Waals surface area (Å²) in [5.41, 5.74) is 2.12. The second-order valence-corrected chi connectivity index (χ2v) is 5.11. The first kappa shape index (κ1) is 15.5. The van der Waals surface area contributed by atoms with Gasteiger partial charge in [0.25, 0.3) is 5.91 Å². The summed E-state index contributed by atoms with van der Waals surface area (Å²) in [6.45, 7) is 1.42. The number of aromatic nitrogens is 1. The molecule has 0 fully saturated rings. The lowest BCUT2D eigenvalue weighted by molar-refractivity contribution is -0.114. The molecule has 1 heterocycles. The van der Waals surface area contributed by atoms with Gasteiger partial charge in [0, 0.05) is 23.9 Å². The second-order valence-electron chi connectivity index (χ2n) is 5.11. The van der Waals surface area contributed by atoms with Gasteiger partial charge in [0.1, 0.15) is 0 Å². The van der Waals surface area contributed by atoms with Crippen LogP contribution < -0.4 is 10.6 Å². The molecule has 120 valence electrons. The van der Waals surface area contributed by atoms with E-state index in [-0.39, 0.29) is 17.5 Å². The standard InChI is InChI=1S/C18H15N3O3/c1-12(22)20-14-8-5-9-15(10-14)21-18(23)16-17(24-11-19-16)13-6-3-2-4-7-13/h2-11H,1H3,(H,20,22)(H,21,23). The molecule has 3 aromatic rings. The fourth-order valence-corrected chi connectivity index (χ4v) is 2.27. The summed E-state index contributed by atoms with van der Waals surface area (Å²) >= 11 is 0. The number of nitrogens with one attached hydrogen (secondary N) is 2. The largest absolute Gasteiger partial charge is 0.443 e. The van der Waals surface area contributed by atoms with E-state index in [4.69, 9.17) is 4.42 Å². The number of rotatable bonds is 4. The third-order valence-electron chi connectivity index (χ3n) is 3.26. The molecule has 2 aromatic carbocycles. The molecule has 24 heavy (non-hydrogen) atoms. The van der Waals surface area contributed by atoms with E-state index in [1.54, 1.807) is 24.3 Å². The molecular formula is C18H15N3O3. The average Bonchev–Trinajstić information content (AvgIpc) is 3.05. The first-order valence-electron chi connectivity index (χ1n) is 7.31. The predicted octanol–water partition coefficient (Wildman–Crippen LogP) is 3.55. The molecule has 1 aromatic heterocycles. The van der Waals surface area contributed by atoms with Gasteiger partial charge in [0.15, 0.2) is 17.8 Å². The van der Waals surface area contributed by atoms with Crippen molar-refractivity contribution in [3.8, 4) is 11.3 Å². The predicted molar refractivity (Wildman–Crippen MR) is 90.6 cm³/mol. The molecule has 2 amide bonds. The second kappa shape index (κ2) is 6.78. The van der Waals surface area contributed by atoms with Gasteiger partial charge < -0.3 is 15.1 Å². The summed E-state index contributed by atoms with van der Waals surface area (Å²) in [5, 5.41) is 5.42. The Morgan fingerprint density at radius 1 is 0.958 bits per heavy atom. The van der Waals surface area contributed by atoms with Crippen molar-refractivity contribution >= 4 is 23.2 Å². The number of hydrogen-bond donors (Lipinski definition) is 2. The maximum atomic E-state index is 12.5. The van der Waals surface area contributed by atoms with Crippen molar-refractivity contribution in [1.29, 1.82) is 0 Å². The van der Waals surface area contributed by atoms with Crippen LogP contribution in [0.3, 0.4) is 0 Å². The lowest BCUT2D eigenvalue weighted by atomic mass is 10.1. The zero-order valence-corrected chi connectivity index (χ0v) is 12.9. The van der Waals surface area contributed by atoms with Gasteiger partial charge in [-0.3, -0.25) is 9.59 Å². The Kier molecular flexibility index (Phi) is 4.38. The van der Waals surface area contributed by atoms with Crippen LogP contribution in [0, 0.1) is 0 Å². The smallest absolute Gasteiger partial charge is 0.278 e. The molecule has 0 saturated carbocycles. The van der Waals surface area contributed by atoms with Crippen molar-refractivity contribution in [1.82, 2.24) is 4.98 Å². The first-order valence-corrected chi connectivity index (χ1v) is 7.31. The molecule has 0 aliphatic heterocycles. The van der Waals surface area contributed by atoms with Crippen LogP contribution in [-0.4, -0.2) is 16.8 Å². The highest BCUT2D eigenvalue weighted by Crippen LogP contribution is 2.24. The Hall–Kier alpha value is -3.41. The topological polar surface area (TPSA) is 84.2 Å². The van der Waals surface area contributed by atoms with Crippen molar-refractivity contribution in [3.05, 3.63) is 66.7 Å². The monoisotopic (exact) mass is 321 g/mol. The number of carbonyl (C=O) groups excluding carboxylic acids is 2. The molecule has 0 unspecified atom stereocenters. The molecule has 0 radical (unpaired) electrons. The summed E-state index contributed by atoms with van der Waals surface area (Å²) in [7, 11) is 0. The van der Waals surface area contributed by atoms with Crippen LogP contribution in [0.4, 0.5) is 11.4 Å². The molecule has 3 rings (SSSR count). The molecule has 0 atom stereocenters. The number of amides is 2. The molecular weight excluding hydrogens is 306 g/mol. The lowest BCUT2D eigenvalue weighted by Gasteiger charge is -2.07. The number of carbonyl (C=O) groups is 2. The van der Waals surface area contributed by atoms with Crippen molar-refractivity contribution < 1.29 is 14.0 Å². The highest BCUT2D eigenvalue weighted by Gasteiger charge is 2.18. The van der Waals surface area contributed by atoms with Crippen LogP contribution in [0.25, 0.3) is 11.3 Å². The summed E-state index contributed by atoms with van der Waals surface area (Å²) < 4.78 is 5.36. The zero-order valence-electron chi connectivity index (χ0n) is 12.9. The van der Waals surface area contributed by atoms with Crippen LogP contribution in [0.15, 0.2) is 65.4 Å². The van der Waals surface area contributed by atoms with Crippen molar-refractivity contribution in [2.24, 2.45) is 0 Å². The van der Waals surface area contributed by atoms with Crippen molar-refractivity contribution in [3.63, 3.8) is 0 Å². The third kappa shape index (κ3) is 3.49. The molecule has 2 N–H and O–H groups in total. The summed E-state index contributed by atoms with van der Waals surface area (Å²) in [6, 6.07) is 16.2. The van der Waals surface area contributed by atoms with Gasteiger partial charge >= 0.3 is 0 Å². The Morgan fingerprint density at radius 3 is 2.38 bits per heavy atom. The number of anilines is 2. The zero-order chi connectivity index (χ0) is 16.9. The summed E-state index contributed by atoms with van der Waals surface area (Å²) in [5.74, 6) is -0.157. The van der Waals surface area contributed by atoms with Crippen LogP contribution in [0.2, 0.25) is 0 Å². The minimum absolute atomic E-state index is 0.179. The quantitative estimate of drug-likeness (QED) is 0.769. The molecule has 0 aliphatic rings. The SMILES string of the molecule is CC(=O)Nc1cccc(NC(=O)c2ncoc2-c2ccccc2)c1. The van der Waals surface area contributed by atoms with Crippen LogP contribution in [0.5, 0.6) is 0 Å². The third-order valence-corrected chi connectivity index (χ3v) is 3.26. The number of oxazole rings is 1.